The number of hydrogen-bond donors (Lipinski definition) is 2. The van der Waals surface area contributed by atoms with E-state index in [0.717, 1.165) is 25.0 Å². The highest BCUT2D eigenvalue weighted by molar-refractivity contribution is 5.95. The lowest BCUT2D eigenvalue weighted by atomic mass is 10.1. The Morgan fingerprint density at radius 1 is 1.20 bits per heavy atom. The van der Waals surface area contributed by atoms with E-state index in [1.807, 2.05) is 0 Å². The van der Waals surface area contributed by atoms with Crippen LogP contribution >= 0.6 is 0 Å². The van der Waals surface area contributed by atoms with Crippen LogP contribution in [0.1, 0.15) is 41.4 Å². The van der Waals surface area contributed by atoms with Gasteiger partial charge in [0.25, 0.3) is 5.91 Å². The van der Waals surface area contributed by atoms with E-state index >= 15 is 0 Å². The van der Waals surface area contributed by atoms with Gasteiger partial charge in [0, 0.05) is 44.0 Å². The van der Waals surface area contributed by atoms with Gasteiger partial charge in [-0.1, -0.05) is 12.1 Å². The average Bonchev–Trinajstić information content (AvgIpc) is 3.17. The molecule has 0 radical (unpaired) electrons. The van der Waals surface area contributed by atoms with Crippen LogP contribution in [-0.4, -0.2) is 42.2 Å². The molecule has 2 aliphatic rings. The normalized spacial score (nSPS) is 19.8. The number of aromatic nitrogens is 1. The number of halogens is 3. The fourth-order valence-corrected chi connectivity index (χ4v) is 3.91. The molecule has 1 aromatic carbocycles. The molecule has 1 aromatic heterocycles. The fraction of sp³-hybridized carbons (Fsp3) is 0.429. The zero-order valence-corrected chi connectivity index (χ0v) is 16.2. The number of amides is 2. The minimum absolute atomic E-state index is 0.0780. The van der Waals surface area contributed by atoms with Crippen molar-refractivity contribution in [1.29, 1.82) is 0 Å². The van der Waals surface area contributed by atoms with Crippen molar-refractivity contribution in [2.24, 2.45) is 0 Å². The molecule has 2 aromatic rings. The molecule has 0 saturated carbocycles. The van der Waals surface area contributed by atoms with Gasteiger partial charge in [-0.3, -0.25) is 9.59 Å². The number of carbonyl (C=O) groups is 2. The molecule has 4 rings (SSSR count). The molecule has 30 heavy (non-hydrogen) atoms. The summed E-state index contributed by atoms with van der Waals surface area (Å²) >= 11 is 0. The molecule has 1 atom stereocenters. The second-order valence-electron chi connectivity index (χ2n) is 7.62. The molecule has 3 heterocycles. The predicted octanol–water partition coefficient (Wildman–Crippen LogP) is 3.14. The summed E-state index contributed by atoms with van der Waals surface area (Å²) in [7, 11) is 0. The van der Waals surface area contributed by atoms with Gasteiger partial charge in [0.2, 0.25) is 5.91 Å². The zero-order chi connectivity index (χ0) is 21.3. The van der Waals surface area contributed by atoms with Crippen LogP contribution in [0, 0.1) is 0 Å². The minimum atomic E-state index is -4.45. The Morgan fingerprint density at radius 3 is 2.70 bits per heavy atom. The summed E-state index contributed by atoms with van der Waals surface area (Å²) in [5, 5.41) is 5.76. The maximum atomic E-state index is 13.0. The van der Waals surface area contributed by atoms with E-state index in [4.69, 9.17) is 4.74 Å². The number of nitrogens with zero attached hydrogens (tertiary/aromatic N) is 1. The van der Waals surface area contributed by atoms with Crippen molar-refractivity contribution < 1.29 is 27.5 Å². The lowest BCUT2D eigenvalue weighted by Gasteiger charge is -2.28. The molecule has 6 nitrogen and oxygen atoms in total. The fourth-order valence-electron chi connectivity index (χ4n) is 3.91. The molecule has 2 amide bonds. The van der Waals surface area contributed by atoms with Gasteiger partial charge in [0.05, 0.1) is 11.6 Å². The number of benzene rings is 1. The maximum Gasteiger partial charge on any atom is 0.416 e. The van der Waals surface area contributed by atoms with E-state index in [0.29, 0.717) is 30.0 Å². The lowest BCUT2D eigenvalue weighted by molar-refractivity contribution is -0.137. The Labute approximate surface area is 171 Å². The first kappa shape index (κ1) is 20.5. The van der Waals surface area contributed by atoms with Crippen LogP contribution in [0.25, 0.3) is 11.1 Å². The highest BCUT2D eigenvalue weighted by atomic mass is 19.4. The number of alkyl halides is 3. The van der Waals surface area contributed by atoms with Gasteiger partial charge in [-0.15, -0.1) is 0 Å². The van der Waals surface area contributed by atoms with Crippen LogP contribution in [0.4, 0.5) is 13.2 Å². The largest absolute Gasteiger partial charge is 0.416 e. The second-order valence-corrected chi connectivity index (χ2v) is 7.62. The van der Waals surface area contributed by atoms with Crippen LogP contribution in [0.2, 0.25) is 0 Å². The third kappa shape index (κ3) is 4.35. The van der Waals surface area contributed by atoms with E-state index in [-0.39, 0.29) is 36.9 Å². The standard InChI is InChI=1S/C21H22F3N3O3/c22-21(23,24)15-3-1-2-13(8-15)14-9-18-20(29)25-11-17(27(18)12-14)10-19(28)26-16-4-6-30-7-5-16/h1-3,8-9,12,16-17H,4-7,10-11H2,(H,25,29)(H,26,28). The number of ether oxygens (including phenoxy) is 1. The Balaban J connectivity index is 1.54. The number of hydrogen-bond acceptors (Lipinski definition) is 3. The van der Waals surface area contributed by atoms with Crippen molar-refractivity contribution in [3.05, 3.63) is 47.8 Å². The van der Waals surface area contributed by atoms with Crippen LogP contribution in [0.5, 0.6) is 0 Å². The second kappa shape index (κ2) is 8.14. The number of carbonyl (C=O) groups excluding carboxylic acids is 2. The summed E-state index contributed by atoms with van der Waals surface area (Å²) < 4.78 is 46.1. The summed E-state index contributed by atoms with van der Waals surface area (Å²) in [6.07, 6.45) is -1.10. The number of fused-ring (bicyclic) bond motifs is 1. The molecule has 0 spiro atoms. The van der Waals surface area contributed by atoms with E-state index in [1.165, 1.54) is 6.07 Å². The smallest absolute Gasteiger partial charge is 0.381 e. The van der Waals surface area contributed by atoms with Crippen LogP contribution in [0.3, 0.4) is 0 Å². The molecule has 1 fully saturated rings. The summed E-state index contributed by atoms with van der Waals surface area (Å²) in [5.41, 5.74) is 0.450. The summed E-state index contributed by atoms with van der Waals surface area (Å²) in [6.45, 7) is 1.52. The van der Waals surface area contributed by atoms with Crippen molar-refractivity contribution in [2.45, 2.75) is 37.5 Å². The summed E-state index contributed by atoms with van der Waals surface area (Å²) in [5.74, 6) is -0.433. The molecule has 1 unspecified atom stereocenters. The monoisotopic (exact) mass is 421 g/mol. The van der Waals surface area contributed by atoms with Gasteiger partial charge in [0.15, 0.2) is 0 Å². The Hall–Kier alpha value is -2.81. The van der Waals surface area contributed by atoms with Crippen LogP contribution < -0.4 is 10.6 Å². The lowest BCUT2D eigenvalue weighted by Crippen LogP contribution is -2.43. The van der Waals surface area contributed by atoms with Crippen LogP contribution in [-0.2, 0) is 15.7 Å². The topological polar surface area (TPSA) is 72.4 Å². The summed E-state index contributed by atoms with van der Waals surface area (Å²) in [4.78, 5) is 24.8. The maximum absolute atomic E-state index is 13.0. The number of rotatable bonds is 4. The molecular weight excluding hydrogens is 399 g/mol. The van der Waals surface area contributed by atoms with E-state index in [2.05, 4.69) is 10.6 Å². The average molecular weight is 421 g/mol. The predicted molar refractivity (Wildman–Crippen MR) is 103 cm³/mol. The highest BCUT2D eigenvalue weighted by Crippen LogP contribution is 2.34. The summed E-state index contributed by atoms with van der Waals surface area (Å²) in [6, 6.07) is 6.32. The molecule has 2 aliphatic heterocycles. The van der Waals surface area contributed by atoms with Gasteiger partial charge in [-0.05, 0) is 36.6 Å². The van der Waals surface area contributed by atoms with Crippen molar-refractivity contribution in [1.82, 2.24) is 15.2 Å². The molecule has 9 heteroatoms. The van der Waals surface area contributed by atoms with Crippen LogP contribution in [0.15, 0.2) is 36.5 Å². The van der Waals surface area contributed by atoms with E-state index in [1.54, 1.807) is 22.9 Å². The zero-order valence-electron chi connectivity index (χ0n) is 16.2. The van der Waals surface area contributed by atoms with E-state index < -0.39 is 11.7 Å². The first-order valence-electron chi connectivity index (χ1n) is 9.86. The minimum Gasteiger partial charge on any atom is -0.381 e. The molecular formula is C21H22F3N3O3. The van der Waals surface area contributed by atoms with Crippen molar-refractivity contribution >= 4 is 11.8 Å². The SMILES string of the molecule is O=C(CC1CNC(=O)c2cc(-c3cccc(C(F)(F)F)c3)cn21)NC1CCOCC1. The first-order chi connectivity index (χ1) is 14.3. The van der Waals surface area contributed by atoms with Gasteiger partial charge < -0.3 is 19.9 Å². The third-order valence-corrected chi connectivity index (χ3v) is 5.50. The third-order valence-electron chi connectivity index (χ3n) is 5.50. The molecule has 0 aliphatic carbocycles. The molecule has 0 bridgehead atoms. The van der Waals surface area contributed by atoms with Gasteiger partial charge in [0.1, 0.15) is 5.69 Å². The molecule has 1 saturated heterocycles. The van der Waals surface area contributed by atoms with Crippen molar-refractivity contribution in [3.8, 4) is 11.1 Å². The first-order valence-corrected chi connectivity index (χ1v) is 9.86. The van der Waals surface area contributed by atoms with Gasteiger partial charge in [-0.2, -0.15) is 13.2 Å². The number of nitrogens with one attached hydrogen (secondary N) is 2. The van der Waals surface area contributed by atoms with E-state index in [9.17, 15) is 22.8 Å². The molecule has 2 N–H and O–H groups in total. The van der Waals surface area contributed by atoms with Gasteiger partial charge >= 0.3 is 6.18 Å². The molecule has 160 valence electrons. The Bertz CT molecular complexity index is 948. The quantitative estimate of drug-likeness (QED) is 0.797. The Morgan fingerprint density at radius 2 is 1.97 bits per heavy atom. The van der Waals surface area contributed by atoms with Crippen molar-refractivity contribution in [2.75, 3.05) is 19.8 Å². The van der Waals surface area contributed by atoms with Gasteiger partial charge in [-0.25, -0.2) is 0 Å². The highest BCUT2D eigenvalue weighted by Gasteiger charge is 2.31. The van der Waals surface area contributed by atoms with Crippen molar-refractivity contribution in [3.63, 3.8) is 0 Å². The Kier molecular flexibility index (Phi) is 5.55.